The molecular weight excluding hydrogens is 493 g/mol. The first kappa shape index (κ1) is 24.1. The predicted octanol–water partition coefficient (Wildman–Crippen LogP) is 4.60. The van der Waals surface area contributed by atoms with E-state index in [-0.39, 0.29) is 24.0 Å². The summed E-state index contributed by atoms with van der Waals surface area (Å²) in [6.07, 6.45) is 3.27. The SMILES string of the molecule is CCNC(=NCc1csc(CC)n1)NC1CCN(C(C)c2ccccc2)CC1.I. The second-order valence-electron chi connectivity index (χ2n) is 7.32. The molecule has 1 fully saturated rings. The van der Waals surface area contributed by atoms with Gasteiger partial charge in [0.05, 0.1) is 17.2 Å². The van der Waals surface area contributed by atoms with E-state index in [1.165, 1.54) is 10.6 Å². The van der Waals surface area contributed by atoms with Crippen molar-refractivity contribution in [1.29, 1.82) is 0 Å². The van der Waals surface area contributed by atoms with Crippen molar-refractivity contribution in [2.75, 3.05) is 19.6 Å². The van der Waals surface area contributed by atoms with Crippen LogP contribution < -0.4 is 10.6 Å². The molecule has 2 heterocycles. The molecule has 0 radical (unpaired) electrons. The Morgan fingerprint density at radius 1 is 1.24 bits per heavy atom. The Kier molecular flexibility index (Phi) is 10.4. The van der Waals surface area contributed by atoms with Gasteiger partial charge in [0.15, 0.2) is 5.96 Å². The van der Waals surface area contributed by atoms with Crippen molar-refractivity contribution in [2.45, 2.75) is 58.7 Å². The number of likely N-dealkylation sites (tertiary alicyclic amines) is 1. The van der Waals surface area contributed by atoms with E-state index in [2.05, 4.69) is 77.0 Å². The fourth-order valence-corrected chi connectivity index (χ4v) is 4.37. The maximum absolute atomic E-state index is 4.75. The lowest BCUT2D eigenvalue weighted by atomic mass is 10.0. The lowest BCUT2D eigenvalue weighted by molar-refractivity contribution is 0.158. The van der Waals surface area contributed by atoms with Crippen molar-refractivity contribution in [2.24, 2.45) is 4.99 Å². The summed E-state index contributed by atoms with van der Waals surface area (Å²) in [5.74, 6) is 0.906. The monoisotopic (exact) mass is 527 g/mol. The molecule has 29 heavy (non-hydrogen) atoms. The molecule has 0 aliphatic carbocycles. The number of hydrogen-bond acceptors (Lipinski definition) is 4. The Morgan fingerprint density at radius 3 is 2.59 bits per heavy atom. The van der Waals surface area contributed by atoms with Crippen molar-refractivity contribution in [1.82, 2.24) is 20.5 Å². The fraction of sp³-hybridized carbons (Fsp3) is 0.545. The van der Waals surface area contributed by atoms with Crippen molar-refractivity contribution >= 4 is 41.3 Å². The summed E-state index contributed by atoms with van der Waals surface area (Å²) in [6.45, 7) is 10.3. The number of aliphatic imine (C=N–C) groups is 1. The predicted molar refractivity (Wildman–Crippen MR) is 134 cm³/mol. The van der Waals surface area contributed by atoms with Crippen LogP contribution in [0.25, 0.3) is 0 Å². The van der Waals surface area contributed by atoms with E-state index in [0.29, 0.717) is 18.6 Å². The van der Waals surface area contributed by atoms with Gasteiger partial charge in [-0.25, -0.2) is 9.98 Å². The Balaban J connectivity index is 0.00000300. The van der Waals surface area contributed by atoms with Crippen molar-refractivity contribution < 1.29 is 0 Å². The number of thiazole rings is 1. The molecule has 3 rings (SSSR count). The molecule has 7 heteroatoms. The lowest BCUT2D eigenvalue weighted by Crippen LogP contribution is -2.49. The third-order valence-corrected chi connectivity index (χ3v) is 6.39. The molecule has 0 bridgehead atoms. The van der Waals surface area contributed by atoms with E-state index in [1.807, 2.05) is 0 Å². The van der Waals surface area contributed by atoms with Gasteiger partial charge in [-0.15, -0.1) is 35.3 Å². The smallest absolute Gasteiger partial charge is 0.191 e. The number of benzene rings is 1. The molecule has 1 aliphatic heterocycles. The van der Waals surface area contributed by atoms with E-state index in [4.69, 9.17) is 4.99 Å². The van der Waals surface area contributed by atoms with Crippen LogP contribution in [0.1, 0.15) is 55.9 Å². The molecule has 0 amide bonds. The van der Waals surface area contributed by atoms with Gasteiger partial charge in [0, 0.05) is 37.1 Å². The number of nitrogens with one attached hydrogen (secondary N) is 2. The second-order valence-corrected chi connectivity index (χ2v) is 8.27. The molecule has 1 aromatic heterocycles. The first-order valence-corrected chi connectivity index (χ1v) is 11.3. The number of nitrogens with zero attached hydrogens (tertiary/aromatic N) is 3. The maximum atomic E-state index is 4.75. The van der Waals surface area contributed by atoms with Gasteiger partial charge in [-0.3, -0.25) is 4.90 Å². The van der Waals surface area contributed by atoms with Crippen LogP contribution in [0.3, 0.4) is 0 Å². The summed E-state index contributed by atoms with van der Waals surface area (Å²) in [5.41, 5.74) is 2.46. The van der Waals surface area contributed by atoms with Crippen LogP contribution in [-0.4, -0.2) is 41.5 Å². The molecule has 1 aromatic carbocycles. The highest BCUT2D eigenvalue weighted by Gasteiger charge is 2.24. The number of aryl methyl sites for hydroxylation is 1. The molecule has 2 N–H and O–H groups in total. The molecule has 1 unspecified atom stereocenters. The number of piperidine rings is 1. The van der Waals surface area contributed by atoms with Crippen LogP contribution in [0.2, 0.25) is 0 Å². The second kappa shape index (κ2) is 12.5. The highest BCUT2D eigenvalue weighted by molar-refractivity contribution is 14.0. The van der Waals surface area contributed by atoms with Crippen LogP contribution in [0.4, 0.5) is 0 Å². The van der Waals surface area contributed by atoms with Crippen LogP contribution in [0.5, 0.6) is 0 Å². The minimum Gasteiger partial charge on any atom is -0.357 e. The van der Waals surface area contributed by atoms with Gasteiger partial charge in [0.2, 0.25) is 0 Å². The van der Waals surface area contributed by atoms with E-state index < -0.39 is 0 Å². The number of aromatic nitrogens is 1. The van der Waals surface area contributed by atoms with Gasteiger partial charge in [-0.05, 0) is 38.7 Å². The molecule has 2 aromatic rings. The number of rotatable bonds is 7. The average molecular weight is 528 g/mol. The van der Waals surface area contributed by atoms with Crippen LogP contribution in [0.15, 0.2) is 40.7 Å². The van der Waals surface area contributed by atoms with Crippen LogP contribution in [-0.2, 0) is 13.0 Å². The topological polar surface area (TPSA) is 52.6 Å². The minimum absolute atomic E-state index is 0. The van der Waals surface area contributed by atoms with Crippen molar-refractivity contribution in [3.05, 3.63) is 52.0 Å². The largest absolute Gasteiger partial charge is 0.357 e. The fourth-order valence-electron chi connectivity index (χ4n) is 3.63. The third-order valence-electron chi connectivity index (χ3n) is 5.35. The summed E-state index contributed by atoms with van der Waals surface area (Å²) in [5, 5.41) is 10.3. The zero-order valence-corrected chi connectivity index (χ0v) is 20.9. The first-order chi connectivity index (χ1) is 13.7. The Bertz CT molecular complexity index is 741. The Labute approximate surface area is 196 Å². The van der Waals surface area contributed by atoms with E-state index in [9.17, 15) is 0 Å². The standard InChI is InChI=1S/C22H33N5S.HI/c1-4-21-25-20(16-28-21)15-24-22(23-5-2)26-19-11-13-27(14-12-19)17(3)18-9-7-6-8-10-18;/h6-10,16-17,19H,4-5,11-15H2,1-3H3,(H2,23,24,26);1H. The summed E-state index contributed by atoms with van der Waals surface area (Å²) < 4.78 is 0. The van der Waals surface area contributed by atoms with E-state index >= 15 is 0 Å². The summed E-state index contributed by atoms with van der Waals surface area (Å²) in [6, 6.07) is 11.7. The van der Waals surface area contributed by atoms with Crippen LogP contribution in [0, 0.1) is 0 Å². The number of hydrogen-bond donors (Lipinski definition) is 2. The van der Waals surface area contributed by atoms with E-state index in [0.717, 1.165) is 50.6 Å². The molecule has 160 valence electrons. The third kappa shape index (κ3) is 7.22. The lowest BCUT2D eigenvalue weighted by Gasteiger charge is -2.37. The van der Waals surface area contributed by atoms with Gasteiger partial charge in [0.1, 0.15) is 0 Å². The maximum Gasteiger partial charge on any atom is 0.191 e. The molecule has 5 nitrogen and oxygen atoms in total. The highest BCUT2D eigenvalue weighted by Crippen LogP contribution is 2.24. The molecular formula is C22H34IN5S. The zero-order valence-electron chi connectivity index (χ0n) is 17.7. The first-order valence-electron chi connectivity index (χ1n) is 10.5. The molecule has 1 atom stereocenters. The normalized spacial score (nSPS) is 16.9. The van der Waals surface area contributed by atoms with E-state index in [1.54, 1.807) is 11.3 Å². The summed E-state index contributed by atoms with van der Waals surface area (Å²) in [7, 11) is 0. The van der Waals surface area contributed by atoms with Crippen LogP contribution >= 0.6 is 35.3 Å². The number of halogens is 1. The van der Waals surface area contributed by atoms with Gasteiger partial charge in [-0.1, -0.05) is 37.3 Å². The Morgan fingerprint density at radius 2 is 1.97 bits per heavy atom. The Hall–Kier alpha value is -1.19. The van der Waals surface area contributed by atoms with Crippen molar-refractivity contribution in [3.8, 4) is 0 Å². The van der Waals surface area contributed by atoms with Gasteiger partial charge >= 0.3 is 0 Å². The summed E-state index contributed by atoms with van der Waals surface area (Å²) >= 11 is 1.72. The number of guanidine groups is 1. The van der Waals surface area contributed by atoms with Gasteiger partial charge < -0.3 is 10.6 Å². The molecule has 1 aliphatic rings. The quantitative estimate of drug-likeness (QED) is 0.314. The molecule has 0 saturated carbocycles. The highest BCUT2D eigenvalue weighted by atomic mass is 127. The minimum atomic E-state index is 0. The van der Waals surface area contributed by atoms with Gasteiger partial charge in [0.25, 0.3) is 0 Å². The molecule has 1 saturated heterocycles. The van der Waals surface area contributed by atoms with Crippen molar-refractivity contribution in [3.63, 3.8) is 0 Å². The van der Waals surface area contributed by atoms with Gasteiger partial charge in [-0.2, -0.15) is 0 Å². The average Bonchev–Trinajstić information content (AvgIpc) is 3.21. The summed E-state index contributed by atoms with van der Waals surface area (Å²) in [4.78, 5) is 11.9. The molecule has 0 spiro atoms. The zero-order chi connectivity index (χ0) is 19.8.